The van der Waals surface area contributed by atoms with Crippen LogP contribution in [-0.2, 0) is 13.2 Å². The number of unbranched alkanes of at least 4 members (excludes halogenated alkanes) is 3. The largest absolute Gasteiger partial charge is 0.490 e. The first-order chi connectivity index (χ1) is 13.2. The predicted molar refractivity (Wildman–Crippen MR) is 124 cm³/mol. The third-order valence-corrected chi connectivity index (χ3v) is 5.19. The van der Waals surface area contributed by atoms with Crippen molar-refractivity contribution < 1.29 is 9.47 Å². The fourth-order valence-electron chi connectivity index (χ4n) is 2.80. The van der Waals surface area contributed by atoms with Crippen LogP contribution in [-0.4, -0.2) is 13.2 Å². The minimum Gasteiger partial charge on any atom is -0.490 e. The smallest absolute Gasteiger partial charge is 0.175 e. The van der Waals surface area contributed by atoms with Crippen molar-refractivity contribution in [3.63, 3.8) is 0 Å². The van der Waals surface area contributed by atoms with E-state index < -0.39 is 0 Å². The lowest BCUT2D eigenvalue weighted by Crippen LogP contribution is -2.15. The standard InChI is InChI=1S/C22H29BrClNO2.ClH/c1-3-5-6-9-12-25-15-17-13-19(23)22(21(14-17)26-4-2)27-16-18-10-7-8-11-20(18)24;/h7-8,10-11,13-14,25H,3-6,9,12,15-16H2,1-2H3;1H. The Bertz CT molecular complexity index is 713. The van der Waals surface area contributed by atoms with Crippen LogP contribution in [0, 0.1) is 0 Å². The summed E-state index contributed by atoms with van der Waals surface area (Å²) in [4.78, 5) is 0. The first kappa shape index (κ1) is 25.1. The van der Waals surface area contributed by atoms with Crippen molar-refractivity contribution in [2.75, 3.05) is 13.2 Å². The van der Waals surface area contributed by atoms with Gasteiger partial charge in [0.1, 0.15) is 6.61 Å². The van der Waals surface area contributed by atoms with Crippen molar-refractivity contribution >= 4 is 39.9 Å². The van der Waals surface area contributed by atoms with E-state index in [1.165, 1.54) is 31.2 Å². The lowest BCUT2D eigenvalue weighted by atomic mass is 10.1. The fourth-order valence-corrected chi connectivity index (χ4v) is 3.60. The minimum absolute atomic E-state index is 0. The number of hydrogen-bond acceptors (Lipinski definition) is 3. The average molecular weight is 491 g/mol. The zero-order valence-corrected chi connectivity index (χ0v) is 19.8. The molecule has 0 saturated heterocycles. The van der Waals surface area contributed by atoms with Gasteiger partial charge in [0.25, 0.3) is 0 Å². The molecule has 0 aliphatic rings. The highest BCUT2D eigenvalue weighted by molar-refractivity contribution is 9.10. The number of benzene rings is 2. The highest BCUT2D eigenvalue weighted by Gasteiger charge is 2.13. The normalized spacial score (nSPS) is 10.4. The molecule has 2 aromatic carbocycles. The van der Waals surface area contributed by atoms with Crippen molar-refractivity contribution in [3.8, 4) is 11.5 Å². The Hall–Kier alpha value is -0.940. The topological polar surface area (TPSA) is 30.5 Å². The summed E-state index contributed by atoms with van der Waals surface area (Å²) in [6.45, 7) is 7.04. The highest BCUT2D eigenvalue weighted by atomic mass is 79.9. The molecule has 3 nitrogen and oxygen atoms in total. The molecule has 0 bridgehead atoms. The second kappa shape index (κ2) is 14.1. The Kier molecular flexibility index (Phi) is 12.6. The van der Waals surface area contributed by atoms with Gasteiger partial charge in [-0.15, -0.1) is 12.4 Å². The summed E-state index contributed by atoms with van der Waals surface area (Å²) >= 11 is 9.87. The minimum atomic E-state index is 0. The fraction of sp³-hybridized carbons (Fsp3) is 0.455. The quantitative estimate of drug-likeness (QED) is 0.320. The maximum absolute atomic E-state index is 6.23. The maximum atomic E-state index is 6.23. The van der Waals surface area contributed by atoms with E-state index in [4.69, 9.17) is 21.1 Å². The molecular formula is C22H30BrCl2NO2. The molecule has 2 rings (SSSR count). The van der Waals surface area contributed by atoms with Crippen LogP contribution in [0.5, 0.6) is 11.5 Å². The third kappa shape index (κ3) is 8.20. The molecule has 0 unspecified atom stereocenters. The number of rotatable bonds is 12. The van der Waals surface area contributed by atoms with Crippen molar-refractivity contribution in [1.82, 2.24) is 5.32 Å². The molecule has 28 heavy (non-hydrogen) atoms. The van der Waals surface area contributed by atoms with Crippen LogP contribution >= 0.6 is 39.9 Å². The van der Waals surface area contributed by atoms with Gasteiger partial charge in [0.05, 0.1) is 11.1 Å². The van der Waals surface area contributed by atoms with Gasteiger partial charge in [-0.05, 0) is 59.6 Å². The molecule has 1 N–H and O–H groups in total. The van der Waals surface area contributed by atoms with Gasteiger partial charge in [0, 0.05) is 17.1 Å². The van der Waals surface area contributed by atoms with Gasteiger partial charge in [-0.3, -0.25) is 0 Å². The summed E-state index contributed by atoms with van der Waals surface area (Å²) in [5.74, 6) is 1.46. The molecule has 0 saturated carbocycles. The van der Waals surface area contributed by atoms with Crippen LogP contribution in [0.3, 0.4) is 0 Å². The van der Waals surface area contributed by atoms with Crippen LogP contribution in [0.2, 0.25) is 5.02 Å². The zero-order valence-electron chi connectivity index (χ0n) is 16.6. The van der Waals surface area contributed by atoms with Gasteiger partial charge in [-0.25, -0.2) is 0 Å². The lowest BCUT2D eigenvalue weighted by molar-refractivity contribution is 0.267. The molecule has 0 aliphatic heterocycles. The van der Waals surface area contributed by atoms with Gasteiger partial charge in [-0.1, -0.05) is 56.0 Å². The molecule has 0 aromatic heterocycles. The molecule has 0 amide bonds. The SMILES string of the molecule is CCCCCCNCc1cc(Br)c(OCc2ccccc2Cl)c(OCC)c1.Cl. The van der Waals surface area contributed by atoms with E-state index in [0.717, 1.165) is 28.9 Å². The zero-order chi connectivity index (χ0) is 19.5. The van der Waals surface area contributed by atoms with Gasteiger partial charge in [0.15, 0.2) is 11.5 Å². The molecule has 0 heterocycles. The Balaban J connectivity index is 0.00000392. The first-order valence-electron chi connectivity index (χ1n) is 9.67. The van der Waals surface area contributed by atoms with Gasteiger partial charge in [0.2, 0.25) is 0 Å². The molecular weight excluding hydrogens is 461 g/mol. The number of ether oxygens (including phenoxy) is 2. The van der Waals surface area contributed by atoms with Crippen LogP contribution in [0.1, 0.15) is 50.7 Å². The van der Waals surface area contributed by atoms with E-state index in [1.54, 1.807) is 0 Å². The molecule has 2 aromatic rings. The van der Waals surface area contributed by atoms with Crippen molar-refractivity contribution in [2.45, 2.75) is 52.7 Å². The van der Waals surface area contributed by atoms with Crippen molar-refractivity contribution in [1.29, 1.82) is 0 Å². The van der Waals surface area contributed by atoms with E-state index >= 15 is 0 Å². The van der Waals surface area contributed by atoms with Crippen LogP contribution < -0.4 is 14.8 Å². The monoisotopic (exact) mass is 489 g/mol. The first-order valence-corrected chi connectivity index (χ1v) is 10.8. The van der Waals surface area contributed by atoms with Gasteiger partial charge in [-0.2, -0.15) is 0 Å². The van der Waals surface area contributed by atoms with Crippen molar-refractivity contribution in [3.05, 3.63) is 57.0 Å². The molecule has 0 fully saturated rings. The van der Waals surface area contributed by atoms with Gasteiger partial charge >= 0.3 is 0 Å². The second-order valence-corrected chi connectivity index (χ2v) is 7.72. The Morgan fingerprint density at radius 1 is 1.04 bits per heavy atom. The summed E-state index contributed by atoms with van der Waals surface area (Å²) in [5, 5.41) is 4.21. The summed E-state index contributed by atoms with van der Waals surface area (Å²) < 4.78 is 12.7. The predicted octanol–water partition coefficient (Wildman–Crippen LogP) is 7.17. The highest BCUT2D eigenvalue weighted by Crippen LogP contribution is 2.37. The lowest BCUT2D eigenvalue weighted by Gasteiger charge is -2.16. The molecule has 0 atom stereocenters. The van der Waals surface area contributed by atoms with E-state index in [-0.39, 0.29) is 12.4 Å². The summed E-state index contributed by atoms with van der Waals surface area (Å²) in [7, 11) is 0. The summed E-state index contributed by atoms with van der Waals surface area (Å²) in [5.41, 5.74) is 2.12. The van der Waals surface area contributed by atoms with E-state index in [0.29, 0.717) is 24.0 Å². The Labute approximate surface area is 188 Å². The summed E-state index contributed by atoms with van der Waals surface area (Å²) in [6, 6.07) is 11.8. The Morgan fingerprint density at radius 2 is 1.82 bits per heavy atom. The number of hydrogen-bond donors (Lipinski definition) is 1. The molecule has 0 aliphatic carbocycles. The van der Waals surface area contributed by atoms with Gasteiger partial charge < -0.3 is 14.8 Å². The Morgan fingerprint density at radius 3 is 2.54 bits per heavy atom. The van der Waals surface area contributed by atoms with Crippen LogP contribution in [0.15, 0.2) is 40.9 Å². The molecule has 0 radical (unpaired) electrons. The third-order valence-electron chi connectivity index (χ3n) is 4.24. The molecule has 156 valence electrons. The number of halogens is 3. The van der Waals surface area contributed by atoms with E-state index in [2.05, 4.69) is 40.3 Å². The summed E-state index contributed by atoms with van der Waals surface area (Å²) in [6.07, 6.45) is 5.07. The average Bonchev–Trinajstić information content (AvgIpc) is 2.65. The van der Waals surface area contributed by atoms with E-state index in [9.17, 15) is 0 Å². The number of nitrogens with one attached hydrogen (secondary N) is 1. The van der Waals surface area contributed by atoms with Crippen LogP contribution in [0.4, 0.5) is 0 Å². The molecule has 0 spiro atoms. The van der Waals surface area contributed by atoms with E-state index in [1.807, 2.05) is 31.2 Å². The second-order valence-electron chi connectivity index (χ2n) is 6.46. The van der Waals surface area contributed by atoms with Crippen molar-refractivity contribution in [2.24, 2.45) is 0 Å². The molecule has 6 heteroatoms. The van der Waals surface area contributed by atoms with Crippen LogP contribution in [0.25, 0.3) is 0 Å². The maximum Gasteiger partial charge on any atom is 0.175 e.